The van der Waals surface area contributed by atoms with Gasteiger partial charge in [0.25, 0.3) is 5.91 Å². The topological polar surface area (TPSA) is 55.6 Å². The molecule has 0 aliphatic carbocycles. The van der Waals surface area contributed by atoms with Crippen LogP contribution in [0, 0.1) is 0 Å². The van der Waals surface area contributed by atoms with Gasteiger partial charge in [0.05, 0.1) is 13.2 Å². The Bertz CT molecular complexity index is 578. The van der Waals surface area contributed by atoms with E-state index in [1.54, 1.807) is 7.05 Å². The maximum atomic E-state index is 11.9. The molecule has 100 valence electrons. The van der Waals surface area contributed by atoms with E-state index < -0.39 is 6.04 Å². The van der Waals surface area contributed by atoms with Gasteiger partial charge >= 0.3 is 0 Å². The molecule has 0 aliphatic heterocycles. The monoisotopic (exact) mass is 258 g/mol. The number of nitrogens with zero attached hydrogens (tertiary/aromatic N) is 1. The summed E-state index contributed by atoms with van der Waals surface area (Å²) in [5.41, 5.74) is 7.02. The number of rotatable bonds is 4. The summed E-state index contributed by atoms with van der Waals surface area (Å²) in [5, 5.41) is 3.45. The minimum absolute atomic E-state index is 0.226. The largest absolute Gasteiger partial charge is 0.320 e. The van der Waals surface area contributed by atoms with Crippen LogP contribution in [0.1, 0.15) is 5.56 Å². The third-order valence-electron chi connectivity index (χ3n) is 3.22. The lowest BCUT2D eigenvalue weighted by Crippen LogP contribution is -2.42. The Labute approximate surface area is 112 Å². The first-order valence-corrected chi connectivity index (χ1v) is 6.17. The van der Waals surface area contributed by atoms with Gasteiger partial charge in [-0.2, -0.15) is 0 Å². The summed E-state index contributed by atoms with van der Waals surface area (Å²) in [6.45, 7) is 0. The summed E-state index contributed by atoms with van der Waals surface area (Å²) >= 11 is 0. The molecule has 0 saturated carbocycles. The van der Waals surface area contributed by atoms with Crippen molar-refractivity contribution in [3.8, 4) is 0 Å². The fraction of sp³-hybridized carbons (Fsp3) is 0.267. The highest BCUT2D eigenvalue weighted by atomic mass is 16.7. The normalized spacial score (nSPS) is 12.4. The van der Waals surface area contributed by atoms with E-state index in [9.17, 15) is 4.79 Å². The molecule has 0 unspecified atom stereocenters. The lowest BCUT2D eigenvalue weighted by atomic mass is 9.99. The SMILES string of the molecule is CON(C)C(=O)[C@@H](N)Cc1cccc2ccccc12. The number of nitrogens with two attached hydrogens (primary N) is 1. The van der Waals surface area contributed by atoms with E-state index in [-0.39, 0.29) is 5.91 Å². The van der Waals surface area contributed by atoms with Crippen LogP contribution in [-0.2, 0) is 16.1 Å². The highest BCUT2D eigenvalue weighted by Crippen LogP contribution is 2.19. The van der Waals surface area contributed by atoms with Crippen molar-refractivity contribution < 1.29 is 9.63 Å². The average Bonchev–Trinajstić information content (AvgIpc) is 2.46. The molecule has 0 radical (unpaired) electrons. The van der Waals surface area contributed by atoms with Gasteiger partial charge in [0.2, 0.25) is 0 Å². The average molecular weight is 258 g/mol. The number of benzene rings is 2. The molecule has 2 N–H and O–H groups in total. The Morgan fingerprint density at radius 2 is 1.95 bits per heavy atom. The Morgan fingerprint density at radius 3 is 2.68 bits per heavy atom. The van der Waals surface area contributed by atoms with Crippen LogP contribution < -0.4 is 5.73 Å². The van der Waals surface area contributed by atoms with Crippen molar-refractivity contribution in [3.05, 3.63) is 48.0 Å². The predicted octanol–water partition coefficient (Wildman–Crippen LogP) is 1.73. The highest BCUT2D eigenvalue weighted by molar-refractivity contribution is 5.87. The van der Waals surface area contributed by atoms with Crippen molar-refractivity contribution >= 4 is 16.7 Å². The predicted molar refractivity (Wildman–Crippen MR) is 75.4 cm³/mol. The maximum Gasteiger partial charge on any atom is 0.263 e. The van der Waals surface area contributed by atoms with Gasteiger partial charge in [-0.25, -0.2) is 5.06 Å². The van der Waals surface area contributed by atoms with Crippen molar-refractivity contribution in [2.75, 3.05) is 14.2 Å². The minimum Gasteiger partial charge on any atom is -0.320 e. The van der Waals surface area contributed by atoms with Crippen LogP contribution in [-0.4, -0.2) is 31.2 Å². The van der Waals surface area contributed by atoms with E-state index >= 15 is 0 Å². The fourth-order valence-electron chi connectivity index (χ4n) is 2.12. The standard InChI is InChI=1S/C15H18N2O2/c1-17(19-2)15(18)14(16)10-12-8-5-7-11-6-3-4-9-13(11)12/h3-9,14H,10,16H2,1-2H3/t14-/m0/s1. The number of likely N-dealkylation sites (N-methyl/N-ethyl adjacent to an activating group) is 1. The van der Waals surface area contributed by atoms with Crippen molar-refractivity contribution in [1.29, 1.82) is 0 Å². The molecular formula is C15H18N2O2. The smallest absolute Gasteiger partial charge is 0.263 e. The Morgan fingerprint density at radius 1 is 1.26 bits per heavy atom. The highest BCUT2D eigenvalue weighted by Gasteiger charge is 2.19. The first-order chi connectivity index (χ1) is 9.13. The second-order valence-electron chi connectivity index (χ2n) is 4.47. The van der Waals surface area contributed by atoms with E-state index in [1.165, 1.54) is 7.11 Å². The molecule has 2 aromatic rings. The number of hydrogen-bond acceptors (Lipinski definition) is 3. The number of carbonyl (C=O) groups excluding carboxylic acids is 1. The fourth-order valence-corrected chi connectivity index (χ4v) is 2.12. The summed E-state index contributed by atoms with van der Waals surface area (Å²) in [5.74, 6) is -0.226. The van der Waals surface area contributed by atoms with Crippen molar-refractivity contribution in [3.63, 3.8) is 0 Å². The quantitative estimate of drug-likeness (QED) is 0.850. The zero-order valence-electron chi connectivity index (χ0n) is 11.2. The molecule has 4 nitrogen and oxygen atoms in total. The van der Waals surface area contributed by atoms with Crippen LogP contribution in [0.3, 0.4) is 0 Å². The van der Waals surface area contributed by atoms with Crippen LogP contribution in [0.25, 0.3) is 10.8 Å². The van der Waals surface area contributed by atoms with Gasteiger partial charge < -0.3 is 5.73 Å². The van der Waals surface area contributed by atoms with Gasteiger partial charge in [0.15, 0.2) is 0 Å². The summed E-state index contributed by atoms with van der Waals surface area (Å²) in [6, 6.07) is 13.5. The van der Waals surface area contributed by atoms with Gasteiger partial charge in [-0.15, -0.1) is 0 Å². The summed E-state index contributed by atoms with van der Waals surface area (Å²) in [6.07, 6.45) is 0.494. The van der Waals surface area contributed by atoms with E-state index in [2.05, 4.69) is 0 Å². The molecule has 0 bridgehead atoms. The summed E-state index contributed by atoms with van der Waals surface area (Å²) in [7, 11) is 3.01. The lowest BCUT2D eigenvalue weighted by Gasteiger charge is -2.19. The molecule has 0 spiro atoms. The summed E-state index contributed by atoms with van der Waals surface area (Å²) < 4.78 is 0. The van der Waals surface area contributed by atoms with Crippen LogP contribution in [0.15, 0.2) is 42.5 Å². The van der Waals surface area contributed by atoms with Gasteiger partial charge in [-0.1, -0.05) is 42.5 Å². The van der Waals surface area contributed by atoms with Crippen molar-refractivity contribution in [1.82, 2.24) is 5.06 Å². The van der Waals surface area contributed by atoms with Crippen LogP contribution in [0.4, 0.5) is 0 Å². The van der Waals surface area contributed by atoms with E-state index in [0.29, 0.717) is 6.42 Å². The first-order valence-electron chi connectivity index (χ1n) is 6.17. The number of hydrogen-bond donors (Lipinski definition) is 1. The van der Waals surface area contributed by atoms with Crippen LogP contribution in [0.2, 0.25) is 0 Å². The Kier molecular flexibility index (Phi) is 4.14. The third kappa shape index (κ3) is 2.92. The maximum absolute atomic E-state index is 11.9. The lowest BCUT2D eigenvalue weighted by molar-refractivity contribution is -0.170. The van der Waals surface area contributed by atoms with Crippen LogP contribution in [0.5, 0.6) is 0 Å². The third-order valence-corrected chi connectivity index (χ3v) is 3.22. The summed E-state index contributed by atoms with van der Waals surface area (Å²) in [4.78, 5) is 16.8. The second-order valence-corrected chi connectivity index (χ2v) is 4.47. The van der Waals surface area contributed by atoms with Gasteiger partial charge in [0.1, 0.15) is 0 Å². The minimum atomic E-state index is -0.601. The van der Waals surface area contributed by atoms with Crippen LogP contribution >= 0.6 is 0 Å². The molecule has 0 fully saturated rings. The molecule has 1 amide bonds. The van der Waals surface area contributed by atoms with Gasteiger partial charge in [-0.05, 0) is 22.8 Å². The molecule has 2 rings (SSSR count). The second kappa shape index (κ2) is 5.82. The van der Waals surface area contributed by atoms with Crippen molar-refractivity contribution in [2.45, 2.75) is 12.5 Å². The Balaban J connectivity index is 2.24. The number of amides is 1. The zero-order valence-corrected chi connectivity index (χ0v) is 11.2. The van der Waals surface area contributed by atoms with E-state index in [4.69, 9.17) is 10.6 Å². The molecule has 1 atom stereocenters. The zero-order chi connectivity index (χ0) is 13.8. The molecule has 2 aromatic carbocycles. The molecule has 0 aliphatic rings. The van der Waals surface area contributed by atoms with Crippen molar-refractivity contribution in [2.24, 2.45) is 5.73 Å². The van der Waals surface area contributed by atoms with E-state index in [1.807, 2.05) is 42.5 Å². The van der Waals surface area contributed by atoms with Gasteiger partial charge in [-0.3, -0.25) is 9.63 Å². The molecule has 19 heavy (non-hydrogen) atoms. The van der Waals surface area contributed by atoms with E-state index in [0.717, 1.165) is 21.4 Å². The number of carbonyl (C=O) groups is 1. The first kappa shape index (κ1) is 13.5. The molecule has 0 heterocycles. The molecule has 0 saturated heterocycles. The Hall–Kier alpha value is -1.91. The molecule has 4 heteroatoms. The van der Waals surface area contributed by atoms with Gasteiger partial charge in [0, 0.05) is 7.05 Å². The number of hydroxylamine groups is 2. The number of fused-ring (bicyclic) bond motifs is 1. The molecular weight excluding hydrogens is 240 g/mol. The molecule has 0 aromatic heterocycles.